The molecule has 92 valence electrons. The molecule has 4 nitrogen and oxygen atoms in total. The standard InChI is InChI=1S/C12H14O4S/c1-3-11(12(13)16-4-2)17(14,15)10-8-6-5-7-9-10/h3,5-9H,4H2,1-2H3. The summed E-state index contributed by atoms with van der Waals surface area (Å²) in [5.74, 6) is -0.821. The van der Waals surface area contributed by atoms with Crippen molar-refractivity contribution in [1.29, 1.82) is 0 Å². The van der Waals surface area contributed by atoms with Crippen molar-refractivity contribution in [2.24, 2.45) is 0 Å². The Morgan fingerprint density at radius 2 is 1.88 bits per heavy atom. The van der Waals surface area contributed by atoms with Crippen LogP contribution in [0.4, 0.5) is 0 Å². The second-order valence-electron chi connectivity index (χ2n) is 3.19. The van der Waals surface area contributed by atoms with Crippen LogP contribution in [0.5, 0.6) is 0 Å². The number of carbonyl (C=O) groups excluding carboxylic acids is 1. The summed E-state index contributed by atoms with van der Waals surface area (Å²) in [7, 11) is -3.79. The van der Waals surface area contributed by atoms with Crippen molar-refractivity contribution in [1.82, 2.24) is 0 Å². The molecule has 0 saturated carbocycles. The zero-order chi connectivity index (χ0) is 12.9. The number of allylic oxidation sites excluding steroid dienone is 1. The second kappa shape index (κ2) is 5.63. The van der Waals surface area contributed by atoms with Crippen molar-refractivity contribution in [2.45, 2.75) is 18.7 Å². The number of sulfone groups is 1. The van der Waals surface area contributed by atoms with Crippen molar-refractivity contribution in [3.63, 3.8) is 0 Å². The van der Waals surface area contributed by atoms with Crippen LogP contribution in [0.2, 0.25) is 0 Å². The number of ether oxygens (including phenoxy) is 1. The van der Waals surface area contributed by atoms with Gasteiger partial charge < -0.3 is 4.74 Å². The Bertz CT molecular complexity index is 515. The van der Waals surface area contributed by atoms with Crippen LogP contribution in [0, 0.1) is 0 Å². The fourth-order valence-electron chi connectivity index (χ4n) is 1.31. The summed E-state index contributed by atoms with van der Waals surface area (Å²) >= 11 is 0. The Hall–Kier alpha value is -1.62. The van der Waals surface area contributed by atoms with Gasteiger partial charge in [-0.3, -0.25) is 0 Å². The smallest absolute Gasteiger partial charge is 0.349 e. The first-order chi connectivity index (χ1) is 8.04. The van der Waals surface area contributed by atoms with E-state index in [2.05, 4.69) is 0 Å². The van der Waals surface area contributed by atoms with Gasteiger partial charge in [-0.25, -0.2) is 13.2 Å². The van der Waals surface area contributed by atoms with Gasteiger partial charge in [0.25, 0.3) is 0 Å². The summed E-state index contributed by atoms with van der Waals surface area (Å²) in [6.07, 6.45) is 1.25. The zero-order valence-corrected chi connectivity index (χ0v) is 10.5. The largest absolute Gasteiger partial charge is 0.462 e. The van der Waals surface area contributed by atoms with Gasteiger partial charge in [0.1, 0.15) is 0 Å². The van der Waals surface area contributed by atoms with E-state index in [1.807, 2.05) is 0 Å². The van der Waals surface area contributed by atoms with Crippen LogP contribution >= 0.6 is 0 Å². The molecule has 1 aromatic carbocycles. The van der Waals surface area contributed by atoms with Gasteiger partial charge in [0.2, 0.25) is 9.84 Å². The summed E-state index contributed by atoms with van der Waals surface area (Å²) in [5, 5.41) is 0. The maximum atomic E-state index is 12.1. The predicted octanol–water partition coefficient (Wildman–Crippen LogP) is 1.93. The number of hydrogen-bond donors (Lipinski definition) is 0. The van der Waals surface area contributed by atoms with Crippen molar-refractivity contribution >= 4 is 15.8 Å². The monoisotopic (exact) mass is 254 g/mol. The highest BCUT2D eigenvalue weighted by molar-refractivity contribution is 7.96. The highest BCUT2D eigenvalue weighted by Gasteiger charge is 2.26. The van der Waals surface area contributed by atoms with Crippen LogP contribution in [-0.2, 0) is 19.4 Å². The van der Waals surface area contributed by atoms with E-state index in [1.54, 1.807) is 25.1 Å². The summed E-state index contributed by atoms with van der Waals surface area (Å²) in [4.78, 5) is 11.3. The third-order valence-corrected chi connectivity index (χ3v) is 3.96. The topological polar surface area (TPSA) is 60.4 Å². The van der Waals surface area contributed by atoms with E-state index in [-0.39, 0.29) is 16.4 Å². The lowest BCUT2D eigenvalue weighted by molar-refractivity contribution is -0.137. The SMILES string of the molecule is CC=C(C(=O)OCC)S(=O)(=O)c1ccccc1. The first-order valence-electron chi connectivity index (χ1n) is 5.17. The quantitative estimate of drug-likeness (QED) is 0.608. The molecule has 1 rings (SSSR count). The minimum absolute atomic E-state index is 0.0844. The van der Waals surface area contributed by atoms with Gasteiger partial charge in [0.05, 0.1) is 11.5 Å². The maximum absolute atomic E-state index is 12.1. The second-order valence-corrected chi connectivity index (χ2v) is 5.11. The molecular formula is C12H14O4S. The average Bonchev–Trinajstić information content (AvgIpc) is 2.31. The fraction of sp³-hybridized carbons (Fsp3) is 0.250. The molecule has 0 radical (unpaired) electrons. The van der Waals surface area contributed by atoms with Crippen LogP contribution in [0.1, 0.15) is 13.8 Å². The van der Waals surface area contributed by atoms with Gasteiger partial charge in [-0.2, -0.15) is 0 Å². The minimum atomic E-state index is -3.79. The average molecular weight is 254 g/mol. The Labute approximate surface area is 101 Å². The molecule has 0 heterocycles. The molecule has 0 aliphatic carbocycles. The Morgan fingerprint density at radius 1 is 1.29 bits per heavy atom. The van der Waals surface area contributed by atoms with Crippen LogP contribution in [0.15, 0.2) is 46.2 Å². The maximum Gasteiger partial charge on any atom is 0.349 e. The summed E-state index contributed by atoms with van der Waals surface area (Å²) in [6, 6.07) is 7.80. The first kappa shape index (κ1) is 13.4. The molecule has 0 fully saturated rings. The molecule has 0 saturated heterocycles. The van der Waals surface area contributed by atoms with Gasteiger partial charge in [-0.05, 0) is 26.0 Å². The van der Waals surface area contributed by atoms with E-state index in [1.165, 1.54) is 25.1 Å². The lowest BCUT2D eigenvalue weighted by atomic mass is 10.4. The van der Waals surface area contributed by atoms with Gasteiger partial charge in [0, 0.05) is 0 Å². The van der Waals surface area contributed by atoms with Crippen LogP contribution < -0.4 is 0 Å². The number of carbonyl (C=O) groups is 1. The Morgan fingerprint density at radius 3 is 2.35 bits per heavy atom. The molecule has 0 unspecified atom stereocenters. The minimum Gasteiger partial charge on any atom is -0.462 e. The molecule has 0 bridgehead atoms. The number of benzene rings is 1. The van der Waals surface area contributed by atoms with Gasteiger partial charge in [-0.15, -0.1) is 0 Å². The third kappa shape index (κ3) is 2.94. The molecule has 0 aliphatic heterocycles. The van der Waals surface area contributed by atoms with E-state index in [0.29, 0.717) is 0 Å². The first-order valence-corrected chi connectivity index (χ1v) is 6.66. The Balaban J connectivity index is 3.18. The summed E-state index contributed by atoms with van der Waals surface area (Å²) < 4.78 is 28.9. The van der Waals surface area contributed by atoms with Gasteiger partial charge in [0.15, 0.2) is 4.91 Å². The van der Waals surface area contributed by atoms with Crippen LogP contribution in [-0.4, -0.2) is 21.0 Å². The van der Waals surface area contributed by atoms with E-state index in [4.69, 9.17) is 4.74 Å². The number of rotatable bonds is 4. The number of esters is 1. The zero-order valence-electron chi connectivity index (χ0n) is 9.71. The van der Waals surface area contributed by atoms with Crippen molar-refractivity contribution in [3.05, 3.63) is 41.3 Å². The molecule has 0 amide bonds. The van der Waals surface area contributed by atoms with Crippen molar-refractivity contribution in [2.75, 3.05) is 6.61 Å². The summed E-state index contributed by atoms with van der Waals surface area (Å²) in [6.45, 7) is 3.26. The van der Waals surface area contributed by atoms with Gasteiger partial charge >= 0.3 is 5.97 Å². The lowest BCUT2D eigenvalue weighted by Crippen LogP contribution is -2.16. The Kier molecular flexibility index (Phi) is 4.45. The van der Waals surface area contributed by atoms with Crippen LogP contribution in [0.3, 0.4) is 0 Å². The molecular weight excluding hydrogens is 240 g/mol. The molecule has 0 N–H and O–H groups in total. The highest BCUT2D eigenvalue weighted by atomic mass is 32.2. The molecule has 17 heavy (non-hydrogen) atoms. The molecule has 0 aliphatic rings. The molecule has 0 spiro atoms. The lowest BCUT2D eigenvalue weighted by Gasteiger charge is -2.07. The van der Waals surface area contributed by atoms with E-state index >= 15 is 0 Å². The fourth-order valence-corrected chi connectivity index (χ4v) is 2.67. The molecule has 0 aromatic heterocycles. The van der Waals surface area contributed by atoms with E-state index in [0.717, 1.165) is 0 Å². The van der Waals surface area contributed by atoms with E-state index in [9.17, 15) is 13.2 Å². The molecule has 1 aromatic rings. The highest BCUT2D eigenvalue weighted by Crippen LogP contribution is 2.19. The summed E-state index contributed by atoms with van der Waals surface area (Å²) in [5.41, 5.74) is 0. The van der Waals surface area contributed by atoms with Crippen LogP contribution in [0.25, 0.3) is 0 Å². The number of hydrogen-bond acceptors (Lipinski definition) is 4. The van der Waals surface area contributed by atoms with Gasteiger partial charge in [-0.1, -0.05) is 24.3 Å². The van der Waals surface area contributed by atoms with E-state index < -0.39 is 15.8 Å². The molecule has 5 heteroatoms. The van der Waals surface area contributed by atoms with Crippen molar-refractivity contribution in [3.8, 4) is 0 Å². The van der Waals surface area contributed by atoms with Crippen molar-refractivity contribution < 1.29 is 17.9 Å². The molecule has 0 atom stereocenters. The predicted molar refractivity (Wildman–Crippen MR) is 64.0 cm³/mol. The third-order valence-electron chi connectivity index (χ3n) is 2.08. The normalized spacial score (nSPS) is 12.2.